The minimum Gasteiger partial charge on any atom is -0.380 e. The summed E-state index contributed by atoms with van der Waals surface area (Å²) >= 11 is 0. The maximum atomic E-state index is 5.33. The highest BCUT2D eigenvalue weighted by molar-refractivity contribution is 5.53. The van der Waals surface area contributed by atoms with Crippen LogP contribution in [0.4, 0.5) is 0 Å². The number of rotatable bonds is 3. The minimum atomic E-state index is 0.0650. The first kappa shape index (κ1) is 12.3. The van der Waals surface area contributed by atoms with Gasteiger partial charge in [-0.25, -0.2) is 0 Å². The van der Waals surface area contributed by atoms with E-state index in [0.717, 1.165) is 24.2 Å². The monoisotopic (exact) mass is 260 g/mol. The molecule has 1 saturated heterocycles. The third-order valence-corrected chi connectivity index (χ3v) is 3.38. The second-order valence-corrected chi connectivity index (χ2v) is 4.68. The second-order valence-electron chi connectivity index (χ2n) is 4.68. The van der Waals surface area contributed by atoms with Gasteiger partial charge in [0.05, 0.1) is 12.1 Å². The summed E-state index contributed by atoms with van der Waals surface area (Å²) in [6.07, 6.45) is 2.78. The quantitative estimate of drug-likeness (QED) is 0.901. The van der Waals surface area contributed by atoms with Gasteiger partial charge in [0.15, 0.2) is 0 Å². The topological polar surface area (TPSA) is 73.1 Å². The number of aromatic nitrogens is 3. The summed E-state index contributed by atoms with van der Waals surface area (Å²) < 4.78 is 10.6. The molecule has 0 aliphatic carbocycles. The molecule has 19 heavy (non-hydrogen) atoms. The molecule has 2 aromatic rings. The van der Waals surface area contributed by atoms with Gasteiger partial charge in [0.25, 0.3) is 0 Å². The molecule has 3 rings (SSSR count). The van der Waals surface area contributed by atoms with Gasteiger partial charge in [-0.05, 0) is 25.0 Å². The fourth-order valence-corrected chi connectivity index (χ4v) is 2.26. The lowest BCUT2D eigenvalue weighted by atomic mass is 10.2. The van der Waals surface area contributed by atoms with Gasteiger partial charge in [-0.15, -0.1) is 0 Å². The van der Waals surface area contributed by atoms with Crippen molar-refractivity contribution in [2.75, 3.05) is 13.7 Å². The van der Waals surface area contributed by atoms with Gasteiger partial charge < -0.3 is 14.6 Å². The van der Waals surface area contributed by atoms with Crippen molar-refractivity contribution in [3.8, 4) is 11.5 Å². The zero-order valence-corrected chi connectivity index (χ0v) is 11.0. The van der Waals surface area contributed by atoms with E-state index in [1.165, 1.54) is 0 Å². The van der Waals surface area contributed by atoms with Crippen LogP contribution in [0.3, 0.4) is 0 Å². The van der Waals surface area contributed by atoms with Crippen LogP contribution in [0.25, 0.3) is 11.5 Å². The molecule has 0 unspecified atom stereocenters. The highest BCUT2D eigenvalue weighted by atomic mass is 16.5. The first-order valence-corrected chi connectivity index (χ1v) is 6.29. The molecule has 1 aliphatic heterocycles. The van der Waals surface area contributed by atoms with Crippen LogP contribution >= 0.6 is 0 Å². The second kappa shape index (κ2) is 5.07. The normalized spacial score (nSPS) is 22.8. The Labute approximate surface area is 111 Å². The average Bonchev–Trinajstić information content (AvgIpc) is 3.08. The lowest BCUT2D eigenvalue weighted by Crippen LogP contribution is -2.16. The average molecular weight is 260 g/mol. The third kappa shape index (κ3) is 2.36. The molecule has 6 nitrogen and oxygen atoms in total. The summed E-state index contributed by atoms with van der Waals surface area (Å²) in [6, 6.07) is 3.93. The van der Waals surface area contributed by atoms with Crippen LogP contribution in [-0.4, -0.2) is 34.9 Å². The van der Waals surface area contributed by atoms with Crippen molar-refractivity contribution in [1.29, 1.82) is 0 Å². The Hall–Kier alpha value is -1.79. The van der Waals surface area contributed by atoms with Crippen molar-refractivity contribution in [3.63, 3.8) is 0 Å². The maximum Gasteiger partial charge on any atom is 0.244 e. The molecule has 0 spiro atoms. The number of ether oxygens (including phenoxy) is 1. The van der Waals surface area contributed by atoms with Gasteiger partial charge in [0.2, 0.25) is 11.7 Å². The predicted molar refractivity (Wildman–Crippen MR) is 68.4 cm³/mol. The van der Waals surface area contributed by atoms with Crippen LogP contribution in [0.15, 0.2) is 22.9 Å². The highest BCUT2D eigenvalue weighted by Crippen LogP contribution is 2.25. The molecule has 6 heteroatoms. The SMILES string of the molecule is CO[C@@H]1CN[C@@H](c2nc(-c3ncccc3C)no2)C1. The maximum absolute atomic E-state index is 5.33. The molecule has 100 valence electrons. The summed E-state index contributed by atoms with van der Waals surface area (Å²) in [5, 5.41) is 7.32. The van der Waals surface area contributed by atoms with Crippen LogP contribution in [0.5, 0.6) is 0 Å². The summed E-state index contributed by atoms with van der Waals surface area (Å²) in [7, 11) is 1.71. The number of nitrogens with zero attached hydrogens (tertiary/aromatic N) is 3. The van der Waals surface area contributed by atoms with E-state index in [2.05, 4.69) is 20.4 Å². The van der Waals surface area contributed by atoms with Crippen molar-refractivity contribution in [3.05, 3.63) is 29.8 Å². The minimum absolute atomic E-state index is 0.0650. The molecule has 0 saturated carbocycles. The summed E-state index contributed by atoms with van der Waals surface area (Å²) in [6.45, 7) is 2.79. The van der Waals surface area contributed by atoms with Crippen LogP contribution in [-0.2, 0) is 4.74 Å². The van der Waals surface area contributed by atoms with Gasteiger partial charge >= 0.3 is 0 Å². The van der Waals surface area contributed by atoms with Gasteiger partial charge in [-0.2, -0.15) is 4.98 Å². The Morgan fingerprint density at radius 3 is 3.11 bits per heavy atom. The Morgan fingerprint density at radius 2 is 2.37 bits per heavy atom. The van der Waals surface area contributed by atoms with Crippen LogP contribution in [0.2, 0.25) is 0 Å². The van der Waals surface area contributed by atoms with Crippen LogP contribution in [0.1, 0.15) is 23.9 Å². The van der Waals surface area contributed by atoms with E-state index in [9.17, 15) is 0 Å². The summed E-state index contributed by atoms with van der Waals surface area (Å²) in [5.74, 6) is 1.13. The van der Waals surface area contributed by atoms with Gasteiger partial charge in [0, 0.05) is 19.9 Å². The molecular formula is C13H16N4O2. The number of hydrogen-bond acceptors (Lipinski definition) is 6. The van der Waals surface area contributed by atoms with E-state index in [4.69, 9.17) is 9.26 Å². The molecule has 0 amide bonds. The lowest BCUT2D eigenvalue weighted by Gasteiger charge is -2.04. The summed E-state index contributed by atoms with van der Waals surface area (Å²) in [4.78, 5) is 8.72. The van der Waals surface area contributed by atoms with E-state index in [0.29, 0.717) is 11.7 Å². The number of nitrogens with one attached hydrogen (secondary N) is 1. The number of hydrogen-bond donors (Lipinski definition) is 1. The van der Waals surface area contributed by atoms with Crippen molar-refractivity contribution in [2.45, 2.75) is 25.5 Å². The van der Waals surface area contributed by atoms with Gasteiger partial charge in [-0.3, -0.25) is 4.98 Å². The molecule has 1 aliphatic rings. The standard InChI is InChI=1S/C13H16N4O2/c1-8-4-3-5-14-11(8)12-16-13(19-17-12)10-6-9(18-2)7-15-10/h3-5,9-10,15H,6-7H2,1-2H3/t9-,10+/m0/s1. The van der Waals surface area contributed by atoms with Crippen LogP contribution < -0.4 is 5.32 Å². The van der Waals surface area contributed by atoms with Crippen molar-refractivity contribution >= 4 is 0 Å². The van der Waals surface area contributed by atoms with Gasteiger partial charge in [-0.1, -0.05) is 11.2 Å². The summed E-state index contributed by atoms with van der Waals surface area (Å²) in [5.41, 5.74) is 1.79. The Bertz CT molecular complexity index is 569. The molecule has 2 aromatic heterocycles. The Kier molecular flexibility index (Phi) is 3.27. The highest BCUT2D eigenvalue weighted by Gasteiger charge is 2.29. The lowest BCUT2D eigenvalue weighted by molar-refractivity contribution is 0.116. The fourth-order valence-electron chi connectivity index (χ4n) is 2.26. The predicted octanol–water partition coefficient (Wildman–Crippen LogP) is 1.49. The first-order valence-electron chi connectivity index (χ1n) is 6.29. The molecule has 0 bridgehead atoms. The van der Waals surface area contributed by atoms with Crippen molar-refractivity contribution < 1.29 is 9.26 Å². The van der Waals surface area contributed by atoms with Crippen molar-refractivity contribution in [2.24, 2.45) is 0 Å². The smallest absolute Gasteiger partial charge is 0.244 e. The number of methoxy groups -OCH3 is 1. The molecule has 0 radical (unpaired) electrons. The Morgan fingerprint density at radius 1 is 1.47 bits per heavy atom. The molecular weight excluding hydrogens is 244 g/mol. The molecule has 3 heterocycles. The molecule has 1 N–H and O–H groups in total. The largest absolute Gasteiger partial charge is 0.380 e. The Balaban J connectivity index is 1.82. The zero-order chi connectivity index (χ0) is 13.2. The first-order chi connectivity index (χ1) is 9.28. The molecule has 0 aromatic carbocycles. The van der Waals surface area contributed by atoms with Crippen LogP contribution in [0, 0.1) is 6.92 Å². The fraction of sp³-hybridized carbons (Fsp3) is 0.462. The molecule has 1 fully saturated rings. The van der Waals surface area contributed by atoms with E-state index in [1.54, 1.807) is 13.3 Å². The zero-order valence-electron chi connectivity index (χ0n) is 11.0. The van der Waals surface area contributed by atoms with E-state index >= 15 is 0 Å². The van der Waals surface area contributed by atoms with E-state index in [1.807, 2.05) is 19.1 Å². The molecule has 2 atom stereocenters. The third-order valence-electron chi connectivity index (χ3n) is 3.38. The van der Waals surface area contributed by atoms with Crippen molar-refractivity contribution in [1.82, 2.24) is 20.4 Å². The van der Waals surface area contributed by atoms with E-state index in [-0.39, 0.29) is 12.1 Å². The number of pyridine rings is 1. The van der Waals surface area contributed by atoms with E-state index < -0.39 is 0 Å². The van der Waals surface area contributed by atoms with Gasteiger partial charge in [0.1, 0.15) is 5.69 Å². The number of aryl methyl sites for hydroxylation is 1.